The van der Waals surface area contributed by atoms with Crippen LogP contribution in [0.15, 0.2) is 72.8 Å². The fourth-order valence-corrected chi connectivity index (χ4v) is 3.43. The first-order valence-electron chi connectivity index (χ1n) is 11.2. The molecule has 0 aliphatic carbocycles. The summed E-state index contributed by atoms with van der Waals surface area (Å²) in [5, 5.41) is 5.44. The van der Waals surface area contributed by atoms with Gasteiger partial charge >= 0.3 is 18.4 Å². The van der Waals surface area contributed by atoms with Crippen molar-refractivity contribution in [3.63, 3.8) is 0 Å². The summed E-state index contributed by atoms with van der Waals surface area (Å²) < 4.78 is 81.7. The van der Waals surface area contributed by atoms with Gasteiger partial charge in [-0.15, -0.1) is 0 Å². The molecular weight excluding hydrogens is 512 g/mol. The number of rotatable bonds is 8. The number of alkyl halides is 6. The molecule has 1 heterocycles. The molecule has 0 spiro atoms. The van der Waals surface area contributed by atoms with Crippen LogP contribution in [0.3, 0.4) is 0 Å². The number of aryl methyl sites for hydroxylation is 1. The van der Waals surface area contributed by atoms with E-state index >= 15 is 0 Å². The third kappa shape index (κ3) is 7.58. The second kappa shape index (κ2) is 11.0. The molecule has 0 bridgehead atoms. The van der Waals surface area contributed by atoms with E-state index in [0.29, 0.717) is 0 Å². The minimum absolute atomic E-state index is 0.0227. The average Bonchev–Trinajstić information content (AvgIpc) is 2.86. The predicted octanol–water partition coefficient (Wildman–Crippen LogP) is 7.16. The van der Waals surface area contributed by atoms with E-state index in [0.717, 1.165) is 34.4 Å². The number of anilines is 3. The number of halogens is 6. The van der Waals surface area contributed by atoms with Gasteiger partial charge < -0.3 is 15.4 Å². The van der Waals surface area contributed by atoms with Crippen LogP contribution in [-0.2, 0) is 12.7 Å². The Kier molecular flexibility index (Phi) is 7.70. The number of aromatic nitrogens is 3. The highest BCUT2D eigenvalue weighted by atomic mass is 19.4. The van der Waals surface area contributed by atoms with Crippen LogP contribution in [0.4, 0.5) is 43.9 Å². The third-order valence-corrected chi connectivity index (χ3v) is 5.18. The lowest BCUT2D eigenvalue weighted by Gasteiger charge is -2.13. The second-order valence-electron chi connectivity index (χ2n) is 8.29. The molecule has 0 amide bonds. The molecule has 198 valence electrons. The molecule has 0 unspecified atom stereocenters. The van der Waals surface area contributed by atoms with Crippen LogP contribution in [0.5, 0.6) is 6.01 Å². The second-order valence-corrected chi connectivity index (χ2v) is 8.29. The van der Waals surface area contributed by atoms with Crippen LogP contribution in [0.1, 0.15) is 16.7 Å². The van der Waals surface area contributed by atoms with E-state index in [1.165, 1.54) is 12.1 Å². The highest BCUT2D eigenvalue weighted by Gasteiger charge is 2.31. The summed E-state index contributed by atoms with van der Waals surface area (Å²) in [4.78, 5) is 11.7. The van der Waals surface area contributed by atoms with Gasteiger partial charge in [0.2, 0.25) is 11.9 Å². The molecule has 4 aromatic rings. The summed E-state index contributed by atoms with van der Waals surface area (Å²) in [5.74, 6) is -0.428. The summed E-state index contributed by atoms with van der Waals surface area (Å²) in [6, 6.07) is 19.2. The Morgan fingerprint density at radius 1 is 0.763 bits per heavy atom. The molecule has 0 aliphatic heterocycles. The van der Waals surface area contributed by atoms with Gasteiger partial charge in [0.25, 0.3) is 0 Å². The maximum atomic E-state index is 13.0. The van der Waals surface area contributed by atoms with E-state index in [9.17, 15) is 26.3 Å². The highest BCUT2D eigenvalue weighted by molar-refractivity contribution is 5.64. The number of nitrogens with one attached hydrogen (secondary N) is 2. The molecular formula is C26H21F6N5O. The molecule has 3 aromatic carbocycles. The maximum absolute atomic E-state index is 13.0. The molecule has 2 N–H and O–H groups in total. The van der Waals surface area contributed by atoms with Crippen molar-refractivity contribution in [2.45, 2.75) is 25.8 Å². The summed E-state index contributed by atoms with van der Waals surface area (Å²) in [5.41, 5.74) is 3.07. The lowest BCUT2D eigenvalue weighted by molar-refractivity contribution is -0.154. The zero-order valence-electron chi connectivity index (χ0n) is 19.9. The van der Waals surface area contributed by atoms with Crippen LogP contribution < -0.4 is 15.4 Å². The number of nitrogens with zero attached hydrogens (tertiary/aromatic N) is 3. The highest BCUT2D eigenvalue weighted by Crippen LogP contribution is 2.31. The quantitative estimate of drug-likeness (QED) is 0.234. The Balaban J connectivity index is 1.52. The van der Waals surface area contributed by atoms with Crippen LogP contribution in [-0.4, -0.2) is 27.7 Å². The minimum Gasteiger partial charge on any atom is -0.454 e. The van der Waals surface area contributed by atoms with E-state index in [1.54, 1.807) is 0 Å². The zero-order chi connectivity index (χ0) is 27.3. The summed E-state index contributed by atoms with van der Waals surface area (Å²) in [6.07, 6.45) is -9.23. The summed E-state index contributed by atoms with van der Waals surface area (Å²) >= 11 is 0. The van der Waals surface area contributed by atoms with E-state index in [-0.39, 0.29) is 24.1 Å². The largest absolute Gasteiger partial charge is 0.454 e. The fourth-order valence-electron chi connectivity index (χ4n) is 3.43. The van der Waals surface area contributed by atoms with Crippen molar-refractivity contribution >= 4 is 17.6 Å². The van der Waals surface area contributed by atoms with Crippen molar-refractivity contribution in [3.8, 4) is 17.1 Å². The Morgan fingerprint density at radius 3 is 2.16 bits per heavy atom. The number of hydrogen-bond acceptors (Lipinski definition) is 6. The van der Waals surface area contributed by atoms with E-state index < -0.39 is 30.5 Å². The molecule has 0 atom stereocenters. The molecule has 38 heavy (non-hydrogen) atoms. The van der Waals surface area contributed by atoms with Gasteiger partial charge in [-0.3, -0.25) is 0 Å². The molecule has 0 saturated heterocycles. The number of ether oxygens (including phenoxy) is 1. The van der Waals surface area contributed by atoms with Gasteiger partial charge in [0, 0.05) is 12.2 Å². The van der Waals surface area contributed by atoms with Crippen molar-refractivity contribution in [2.75, 3.05) is 17.2 Å². The molecule has 6 nitrogen and oxygen atoms in total. The third-order valence-electron chi connectivity index (χ3n) is 5.18. The molecule has 0 fully saturated rings. The first kappa shape index (κ1) is 26.7. The van der Waals surface area contributed by atoms with Crippen molar-refractivity contribution in [1.29, 1.82) is 0 Å². The predicted molar refractivity (Wildman–Crippen MR) is 130 cm³/mol. The van der Waals surface area contributed by atoms with Gasteiger partial charge in [0.05, 0.1) is 5.56 Å². The number of benzene rings is 3. The fraction of sp³-hybridized carbons (Fsp3) is 0.192. The Hall–Kier alpha value is -4.35. The van der Waals surface area contributed by atoms with Crippen molar-refractivity contribution in [2.24, 2.45) is 0 Å². The Morgan fingerprint density at radius 2 is 1.47 bits per heavy atom. The smallest absolute Gasteiger partial charge is 0.422 e. The van der Waals surface area contributed by atoms with Gasteiger partial charge in [-0.25, -0.2) is 0 Å². The average molecular weight is 533 g/mol. The Labute approximate surface area is 213 Å². The van der Waals surface area contributed by atoms with Crippen molar-refractivity contribution in [3.05, 3.63) is 89.5 Å². The van der Waals surface area contributed by atoms with Crippen LogP contribution in [0.25, 0.3) is 11.1 Å². The van der Waals surface area contributed by atoms with Gasteiger partial charge in [-0.1, -0.05) is 60.2 Å². The molecule has 0 radical (unpaired) electrons. The Bertz CT molecular complexity index is 1390. The van der Waals surface area contributed by atoms with Gasteiger partial charge in [0.15, 0.2) is 6.61 Å². The van der Waals surface area contributed by atoms with E-state index in [1.807, 2.05) is 49.4 Å². The number of hydrogen-bond donors (Lipinski definition) is 2. The van der Waals surface area contributed by atoms with Crippen LogP contribution in [0.2, 0.25) is 0 Å². The first-order chi connectivity index (χ1) is 17.9. The normalized spacial score (nSPS) is 11.8. The first-order valence-corrected chi connectivity index (χ1v) is 11.2. The summed E-state index contributed by atoms with van der Waals surface area (Å²) in [7, 11) is 0. The molecule has 0 aliphatic rings. The molecule has 0 saturated carbocycles. The van der Waals surface area contributed by atoms with Crippen molar-refractivity contribution < 1.29 is 31.1 Å². The zero-order valence-corrected chi connectivity index (χ0v) is 19.9. The van der Waals surface area contributed by atoms with Crippen molar-refractivity contribution in [1.82, 2.24) is 15.0 Å². The van der Waals surface area contributed by atoms with Gasteiger partial charge in [-0.2, -0.15) is 41.3 Å². The van der Waals surface area contributed by atoms with E-state index in [2.05, 4.69) is 36.4 Å². The lowest BCUT2D eigenvalue weighted by atomic mass is 10.0. The maximum Gasteiger partial charge on any atom is 0.422 e. The van der Waals surface area contributed by atoms with Gasteiger partial charge in [-0.05, 0) is 41.8 Å². The van der Waals surface area contributed by atoms with Crippen LogP contribution in [0, 0.1) is 6.92 Å². The minimum atomic E-state index is -4.64. The van der Waals surface area contributed by atoms with E-state index in [4.69, 9.17) is 0 Å². The standard InChI is InChI=1S/C26H21F6N5O/c1-16-4-2-5-19(12-16)18-10-8-17(9-11-18)14-33-22-35-23(37-24(36-22)38-15-25(27,28)29)34-21-7-3-6-20(13-21)26(30,31)32/h2-13H,14-15H2,1H3,(H2,33,34,35,36,37). The molecule has 1 aromatic heterocycles. The van der Waals surface area contributed by atoms with Gasteiger partial charge in [0.1, 0.15) is 0 Å². The van der Waals surface area contributed by atoms with Crippen LogP contribution >= 0.6 is 0 Å². The SMILES string of the molecule is Cc1cccc(-c2ccc(CNc3nc(Nc4cccc(C(F)(F)F)c4)nc(OCC(F)(F)F)n3)cc2)c1. The molecule has 4 rings (SSSR count). The topological polar surface area (TPSA) is 72.0 Å². The molecule has 12 heteroatoms. The summed E-state index contributed by atoms with van der Waals surface area (Å²) in [6.45, 7) is 0.555. The monoisotopic (exact) mass is 533 g/mol. The lowest BCUT2D eigenvalue weighted by Crippen LogP contribution is -2.21.